The molecule has 4 nitrogen and oxygen atoms in total. The summed E-state index contributed by atoms with van der Waals surface area (Å²) in [5.41, 5.74) is 3.46. The van der Waals surface area contributed by atoms with Gasteiger partial charge in [-0.15, -0.1) is 10.2 Å². The highest BCUT2D eigenvalue weighted by Gasteiger charge is 2.12. The molecule has 1 aromatic heterocycles. The fourth-order valence-electron chi connectivity index (χ4n) is 2.47. The lowest BCUT2D eigenvalue weighted by molar-refractivity contribution is 0.411. The number of aromatic nitrogens is 3. The monoisotopic (exact) mass is 325 g/mol. The van der Waals surface area contributed by atoms with Crippen LogP contribution < -0.4 is 4.74 Å². The zero-order valence-corrected chi connectivity index (χ0v) is 14.3. The first-order valence-corrected chi connectivity index (χ1v) is 8.41. The number of methoxy groups -OCH3 is 1. The molecule has 118 valence electrons. The van der Waals surface area contributed by atoms with Gasteiger partial charge >= 0.3 is 0 Å². The van der Waals surface area contributed by atoms with Crippen LogP contribution in [0.15, 0.2) is 53.7 Å². The number of hydrogen-bond acceptors (Lipinski definition) is 4. The van der Waals surface area contributed by atoms with E-state index in [0.29, 0.717) is 0 Å². The lowest BCUT2D eigenvalue weighted by Gasteiger charge is -2.10. The van der Waals surface area contributed by atoms with Crippen molar-refractivity contribution in [2.45, 2.75) is 24.8 Å². The normalized spacial score (nSPS) is 10.7. The zero-order chi connectivity index (χ0) is 16.2. The average molecular weight is 325 g/mol. The Balaban J connectivity index is 1.87. The summed E-state index contributed by atoms with van der Waals surface area (Å²) in [7, 11) is 1.70. The summed E-state index contributed by atoms with van der Waals surface area (Å²) in [6.45, 7) is 4.06. The van der Waals surface area contributed by atoms with Crippen molar-refractivity contribution in [3.05, 3.63) is 65.5 Å². The molecule has 0 unspecified atom stereocenters. The minimum absolute atomic E-state index is 0.786. The smallest absolute Gasteiger partial charge is 0.196 e. The summed E-state index contributed by atoms with van der Waals surface area (Å²) in [6.07, 6.45) is 0. The van der Waals surface area contributed by atoms with Crippen molar-refractivity contribution >= 4 is 11.8 Å². The number of nitrogens with zero attached hydrogens (tertiary/aromatic N) is 3. The standard InChI is InChI=1S/C18H19N3OS/c1-13-7-6-9-16(11-13)21-14(2)19-20-18(21)23-12-15-8-4-5-10-17(15)22-3/h4-11H,12H2,1-3H3. The number of hydrogen-bond donors (Lipinski definition) is 0. The molecule has 0 spiro atoms. The molecule has 23 heavy (non-hydrogen) atoms. The van der Waals surface area contributed by atoms with Crippen molar-refractivity contribution in [2.24, 2.45) is 0 Å². The molecule has 0 amide bonds. The van der Waals surface area contributed by atoms with Crippen molar-refractivity contribution in [3.8, 4) is 11.4 Å². The summed E-state index contributed by atoms with van der Waals surface area (Å²) in [5, 5.41) is 9.45. The van der Waals surface area contributed by atoms with Gasteiger partial charge in [-0.25, -0.2) is 0 Å². The van der Waals surface area contributed by atoms with E-state index in [1.165, 1.54) is 5.56 Å². The highest BCUT2D eigenvalue weighted by atomic mass is 32.2. The maximum absolute atomic E-state index is 5.41. The molecule has 0 aliphatic rings. The number of rotatable bonds is 5. The first kappa shape index (κ1) is 15.6. The molecule has 5 heteroatoms. The summed E-state index contributed by atoms with van der Waals surface area (Å²) >= 11 is 1.66. The van der Waals surface area contributed by atoms with Crippen LogP contribution in [-0.2, 0) is 5.75 Å². The van der Waals surface area contributed by atoms with Gasteiger partial charge in [-0.1, -0.05) is 42.1 Å². The molecule has 0 atom stereocenters. The summed E-state index contributed by atoms with van der Waals surface area (Å²) < 4.78 is 7.50. The van der Waals surface area contributed by atoms with Crippen molar-refractivity contribution in [2.75, 3.05) is 7.11 Å². The molecule has 0 aliphatic heterocycles. The van der Waals surface area contributed by atoms with E-state index in [4.69, 9.17) is 4.74 Å². The van der Waals surface area contributed by atoms with Gasteiger partial charge in [0.2, 0.25) is 0 Å². The molecule has 0 saturated heterocycles. The third kappa shape index (κ3) is 3.40. The van der Waals surface area contributed by atoms with E-state index in [1.807, 2.05) is 25.1 Å². The lowest BCUT2D eigenvalue weighted by Crippen LogP contribution is -2.00. The molecule has 0 N–H and O–H groups in total. The largest absolute Gasteiger partial charge is 0.496 e. The van der Waals surface area contributed by atoms with E-state index in [1.54, 1.807) is 18.9 Å². The summed E-state index contributed by atoms with van der Waals surface area (Å²) in [4.78, 5) is 0. The number of ether oxygens (including phenoxy) is 1. The van der Waals surface area contributed by atoms with Crippen LogP contribution in [0.2, 0.25) is 0 Å². The molecule has 0 fully saturated rings. The fraction of sp³-hybridized carbons (Fsp3) is 0.222. The minimum Gasteiger partial charge on any atom is -0.496 e. The minimum atomic E-state index is 0.786. The van der Waals surface area contributed by atoms with Gasteiger partial charge in [0.1, 0.15) is 11.6 Å². The Morgan fingerprint density at radius 2 is 1.87 bits per heavy atom. The molecular formula is C18H19N3OS. The molecule has 2 aromatic carbocycles. The van der Waals surface area contributed by atoms with Crippen molar-refractivity contribution < 1.29 is 4.74 Å². The molecule has 3 aromatic rings. The van der Waals surface area contributed by atoms with E-state index in [-0.39, 0.29) is 0 Å². The van der Waals surface area contributed by atoms with Gasteiger partial charge in [-0.05, 0) is 37.6 Å². The van der Waals surface area contributed by atoms with E-state index in [2.05, 4.69) is 52.0 Å². The fourth-order valence-corrected chi connectivity index (χ4v) is 3.45. The van der Waals surface area contributed by atoms with E-state index >= 15 is 0 Å². The molecule has 0 saturated carbocycles. The molecule has 3 rings (SSSR count). The van der Waals surface area contributed by atoms with Gasteiger partial charge in [0.15, 0.2) is 5.16 Å². The van der Waals surface area contributed by atoms with Gasteiger partial charge in [0.05, 0.1) is 7.11 Å². The van der Waals surface area contributed by atoms with Gasteiger partial charge in [-0.2, -0.15) is 0 Å². The Bertz CT molecular complexity index is 814. The Morgan fingerprint density at radius 3 is 2.65 bits per heavy atom. The maximum atomic E-state index is 5.41. The second-order valence-electron chi connectivity index (χ2n) is 5.30. The molecule has 0 radical (unpaired) electrons. The third-order valence-electron chi connectivity index (χ3n) is 3.60. The quantitative estimate of drug-likeness (QED) is 0.660. The van der Waals surface area contributed by atoms with Crippen LogP contribution >= 0.6 is 11.8 Å². The lowest BCUT2D eigenvalue weighted by atomic mass is 10.2. The Hall–Kier alpha value is -2.27. The van der Waals surface area contributed by atoms with E-state index in [9.17, 15) is 0 Å². The second kappa shape index (κ2) is 6.87. The number of aryl methyl sites for hydroxylation is 2. The molecule has 0 aliphatic carbocycles. The van der Waals surface area contributed by atoms with Gasteiger partial charge in [0.25, 0.3) is 0 Å². The van der Waals surface area contributed by atoms with Crippen LogP contribution in [0, 0.1) is 13.8 Å². The van der Waals surface area contributed by atoms with Crippen LogP contribution in [0.25, 0.3) is 5.69 Å². The van der Waals surface area contributed by atoms with Gasteiger partial charge in [-0.3, -0.25) is 4.57 Å². The Labute approximate surface area is 140 Å². The first-order chi connectivity index (χ1) is 11.2. The topological polar surface area (TPSA) is 39.9 Å². The molecule has 0 bridgehead atoms. The van der Waals surface area contributed by atoms with Crippen LogP contribution in [0.3, 0.4) is 0 Å². The van der Waals surface area contributed by atoms with Crippen LogP contribution in [0.5, 0.6) is 5.75 Å². The van der Waals surface area contributed by atoms with Crippen LogP contribution in [0.4, 0.5) is 0 Å². The highest BCUT2D eigenvalue weighted by Crippen LogP contribution is 2.29. The number of thioether (sulfide) groups is 1. The third-order valence-corrected chi connectivity index (χ3v) is 4.58. The van der Waals surface area contributed by atoms with Crippen molar-refractivity contribution in [3.63, 3.8) is 0 Å². The van der Waals surface area contributed by atoms with Gasteiger partial charge < -0.3 is 4.74 Å². The first-order valence-electron chi connectivity index (χ1n) is 7.43. The van der Waals surface area contributed by atoms with Crippen molar-refractivity contribution in [1.29, 1.82) is 0 Å². The average Bonchev–Trinajstić information content (AvgIpc) is 2.94. The van der Waals surface area contributed by atoms with Crippen LogP contribution in [0.1, 0.15) is 17.0 Å². The predicted molar refractivity (Wildman–Crippen MR) is 93.4 cm³/mol. The Morgan fingerprint density at radius 1 is 1.04 bits per heavy atom. The molecule has 1 heterocycles. The second-order valence-corrected chi connectivity index (χ2v) is 6.25. The van der Waals surface area contributed by atoms with E-state index < -0.39 is 0 Å². The summed E-state index contributed by atoms with van der Waals surface area (Å²) in [6, 6.07) is 16.4. The van der Waals surface area contributed by atoms with Crippen molar-refractivity contribution in [1.82, 2.24) is 14.8 Å². The number of benzene rings is 2. The molecular weight excluding hydrogens is 306 g/mol. The van der Waals surface area contributed by atoms with Gasteiger partial charge in [0, 0.05) is 17.0 Å². The van der Waals surface area contributed by atoms with Crippen LogP contribution in [-0.4, -0.2) is 21.9 Å². The maximum Gasteiger partial charge on any atom is 0.196 e. The zero-order valence-electron chi connectivity index (χ0n) is 13.5. The Kier molecular flexibility index (Phi) is 4.67. The SMILES string of the molecule is COc1ccccc1CSc1nnc(C)n1-c1cccc(C)c1. The van der Waals surface area contributed by atoms with E-state index in [0.717, 1.165) is 33.7 Å². The summed E-state index contributed by atoms with van der Waals surface area (Å²) in [5.74, 6) is 2.57. The predicted octanol–water partition coefficient (Wildman–Crippen LogP) is 4.19. The number of para-hydroxylation sites is 1. The highest BCUT2D eigenvalue weighted by molar-refractivity contribution is 7.98.